The summed E-state index contributed by atoms with van der Waals surface area (Å²) >= 11 is 0. The molecule has 0 saturated heterocycles. The maximum Gasteiger partial charge on any atom is 0.225 e. The van der Waals surface area contributed by atoms with Gasteiger partial charge in [-0.15, -0.1) is 0 Å². The molecule has 0 fully saturated rings. The molecule has 0 saturated carbocycles. The lowest BCUT2D eigenvalue weighted by molar-refractivity contribution is -0.128. The van der Waals surface area contributed by atoms with Gasteiger partial charge in [0.2, 0.25) is 5.91 Å². The van der Waals surface area contributed by atoms with Crippen molar-refractivity contribution in [2.75, 3.05) is 20.6 Å². The molecule has 4 heteroatoms. The summed E-state index contributed by atoms with van der Waals surface area (Å²) < 4.78 is 2.15. The number of nitrogens with zero attached hydrogens (tertiary/aromatic N) is 2. The minimum absolute atomic E-state index is 0.0830. The predicted molar refractivity (Wildman–Crippen MR) is 91.8 cm³/mol. The van der Waals surface area contributed by atoms with Crippen molar-refractivity contribution in [1.29, 1.82) is 0 Å². The first-order chi connectivity index (χ1) is 10.2. The van der Waals surface area contributed by atoms with Crippen LogP contribution in [-0.2, 0) is 11.8 Å². The second-order valence-electron chi connectivity index (χ2n) is 7.15. The van der Waals surface area contributed by atoms with Gasteiger partial charge in [-0.3, -0.25) is 4.79 Å². The summed E-state index contributed by atoms with van der Waals surface area (Å²) in [6, 6.07) is 8.54. The SMILES string of the molecule is CN(C)C(CNC(=O)C(C)(C)C)c1cn(C)c2ccccc12. The Hall–Kier alpha value is -1.81. The topological polar surface area (TPSA) is 37.3 Å². The zero-order valence-corrected chi connectivity index (χ0v) is 14.5. The smallest absolute Gasteiger partial charge is 0.225 e. The lowest BCUT2D eigenvalue weighted by Crippen LogP contribution is -2.40. The van der Waals surface area contributed by atoms with Gasteiger partial charge >= 0.3 is 0 Å². The van der Waals surface area contributed by atoms with Crippen LogP contribution >= 0.6 is 0 Å². The maximum atomic E-state index is 12.2. The largest absolute Gasteiger partial charge is 0.354 e. The Balaban J connectivity index is 2.30. The highest BCUT2D eigenvalue weighted by Gasteiger charge is 2.24. The third-order valence-corrected chi connectivity index (χ3v) is 4.05. The third-order valence-electron chi connectivity index (χ3n) is 4.05. The number of aryl methyl sites for hydroxylation is 1. The van der Waals surface area contributed by atoms with Crippen molar-refractivity contribution in [1.82, 2.24) is 14.8 Å². The van der Waals surface area contributed by atoms with E-state index in [0.29, 0.717) is 6.54 Å². The molecule has 1 amide bonds. The molecule has 0 radical (unpaired) electrons. The average Bonchev–Trinajstić information content (AvgIpc) is 2.75. The summed E-state index contributed by atoms with van der Waals surface area (Å²) in [6.07, 6.45) is 2.17. The Morgan fingerprint density at radius 1 is 1.27 bits per heavy atom. The fourth-order valence-electron chi connectivity index (χ4n) is 2.66. The highest BCUT2D eigenvalue weighted by molar-refractivity contribution is 5.85. The van der Waals surface area contributed by atoms with Gasteiger partial charge in [0, 0.05) is 36.1 Å². The molecule has 2 rings (SSSR count). The minimum Gasteiger partial charge on any atom is -0.354 e. The highest BCUT2D eigenvalue weighted by atomic mass is 16.2. The van der Waals surface area contributed by atoms with Crippen LogP contribution in [0.15, 0.2) is 30.5 Å². The Kier molecular flexibility index (Phi) is 4.61. The van der Waals surface area contributed by atoms with E-state index in [4.69, 9.17) is 0 Å². The maximum absolute atomic E-state index is 12.2. The number of amides is 1. The average molecular weight is 301 g/mol. The molecular formula is C18H27N3O. The minimum atomic E-state index is -0.365. The molecule has 22 heavy (non-hydrogen) atoms. The molecule has 0 aliphatic carbocycles. The van der Waals surface area contributed by atoms with Gasteiger partial charge in [0.05, 0.1) is 6.04 Å². The standard InChI is InChI=1S/C18H27N3O/c1-18(2,3)17(22)19-11-16(20(4)5)14-12-21(6)15-10-8-7-9-13(14)15/h7-10,12,16H,11H2,1-6H3,(H,19,22). The number of carbonyl (C=O) groups is 1. The van der Waals surface area contributed by atoms with Crippen LogP contribution in [0.4, 0.5) is 0 Å². The van der Waals surface area contributed by atoms with Crippen molar-refractivity contribution in [3.8, 4) is 0 Å². The molecule has 0 spiro atoms. The molecule has 1 unspecified atom stereocenters. The van der Waals surface area contributed by atoms with E-state index >= 15 is 0 Å². The summed E-state index contributed by atoms with van der Waals surface area (Å²) in [5.74, 6) is 0.0830. The predicted octanol–water partition coefficient (Wildman–Crippen LogP) is 2.94. The van der Waals surface area contributed by atoms with E-state index in [2.05, 4.69) is 66.4 Å². The first-order valence-electron chi connectivity index (χ1n) is 7.70. The van der Waals surface area contributed by atoms with E-state index in [0.717, 1.165) is 0 Å². The van der Waals surface area contributed by atoms with Gasteiger partial charge in [0.25, 0.3) is 0 Å². The van der Waals surface area contributed by atoms with Crippen LogP contribution in [0.1, 0.15) is 32.4 Å². The summed E-state index contributed by atoms with van der Waals surface area (Å²) in [7, 11) is 6.16. The number of nitrogens with one attached hydrogen (secondary N) is 1. The first kappa shape index (κ1) is 16.6. The molecule has 1 aromatic carbocycles. The highest BCUT2D eigenvalue weighted by Crippen LogP contribution is 2.28. The monoisotopic (exact) mass is 301 g/mol. The Bertz CT molecular complexity index is 665. The van der Waals surface area contributed by atoms with Crippen LogP contribution < -0.4 is 5.32 Å². The second kappa shape index (κ2) is 6.13. The van der Waals surface area contributed by atoms with Gasteiger partial charge in [-0.25, -0.2) is 0 Å². The van der Waals surface area contributed by atoms with Crippen molar-refractivity contribution in [3.63, 3.8) is 0 Å². The molecule has 0 aliphatic heterocycles. The molecule has 1 N–H and O–H groups in total. The van der Waals surface area contributed by atoms with E-state index in [9.17, 15) is 4.79 Å². The van der Waals surface area contributed by atoms with Gasteiger partial charge in [-0.2, -0.15) is 0 Å². The fraction of sp³-hybridized carbons (Fsp3) is 0.500. The lowest BCUT2D eigenvalue weighted by Gasteiger charge is -2.26. The molecule has 0 aliphatic rings. The van der Waals surface area contributed by atoms with Crippen molar-refractivity contribution in [2.45, 2.75) is 26.8 Å². The normalized spacial score (nSPS) is 13.6. The van der Waals surface area contributed by atoms with Gasteiger partial charge in [-0.05, 0) is 25.7 Å². The van der Waals surface area contributed by atoms with Crippen LogP contribution in [0, 0.1) is 5.41 Å². The van der Waals surface area contributed by atoms with Gasteiger partial charge in [0.1, 0.15) is 0 Å². The van der Waals surface area contributed by atoms with E-state index in [1.807, 2.05) is 20.8 Å². The van der Waals surface area contributed by atoms with E-state index in [1.54, 1.807) is 0 Å². The van der Waals surface area contributed by atoms with E-state index < -0.39 is 0 Å². The number of hydrogen-bond donors (Lipinski definition) is 1. The number of aromatic nitrogens is 1. The first-order valence-corrected chi connectivity index (χ1v) is 7.70. The quantitative estimate of drug-likeness (QED) is 0.943. The molecule has 0 bridgehead atoms. The zero-order valence-electron chi connectivity index (χ0n) is 14.5. The van der Waals surface area contributed by atoms with Crippen LogP contribution in [0.3, 0.4) is 0 Å². The number of fused-ring (bicyclic) bond motifs is 1. The third kappa shape index (κ3) is 3.33. The summed E-state index contributed by atoms with van der Waals surface area (Å²) in [6.45, 7) is 6.41. The lowest BCUT2D eigenvalue weighted by atomic mass is 9.95. The Morgan fingerprint density at radius 2 is 1.91 bits per heavy atom. The number of carbonyl (C=O) groups excluding carboxylic acids is 1. The number of benzene rings is 1. The number of rotatable bonds is 4. The summed E-state index contributed by atoms with van der Waals surface area (Å²) in [5, 5.41) is 4.33. The fourth-order valence-corrected chi connectivity index (χ4v) is 2.66. The van der Waals surface area contributed by atoms with Gasteiger partial charge in [-0.1, -0.05) is 39.0 Å². The van der Waals surface area contributed by atoms with Crippen LogP contribution in [-0.4, -0.2) is 36.0 Å². The number of likely N-dealkylation sites (N-methyl/N-ethyl adjacent to an activating group) is 1. The van der Waals surface area contributed by atoms with Crippen LogP contribution in [0.2, 0.25) is 0 Å². The molecule has 2 aromatic rings. The van der Waals surface area contributed by atoms with Crippen molar-refractivity contribution in [3.05, 3.63) is 36.0 Å². The Labute approximate surface area is 133 Å². The molecule has 1 heterocycles. The summed E-state index contributed by atoms with van der Waals surface area (Å²) in [4.78, 5) is 14.3. The second-order valence-corrected chi connectivity index (χ2v) is 7.15. The van der Waals surface area contributed by atoms with E-state index in [1.165, 1.54) is 16.5 Å². The summed E-state index contributed by atoms with van der Waals surface area (Å²) in [5.41, 5.74) is 2.10. The van der Waals surface area contributed by atoms with E-state index in [-0.39, 0.29) is 17.4 Å². The molecule has 4 nitrogen and oxygen atoms in total. The molecular weight excluding hydrogens is 274 g/mol. The number of hydrogen-bond acceptors (Lipinski definition) is 2. The molecule has 1 aromatic heterocycles. The van der Waals surface area contributed by atoms with Gasteiger partial charge in [0.15, 0.2) is 0 Å². The Morgan fingerprint density at radius 3 is 2.50 bits per heavy atom. The molecule has 120 valence electrons. The van der Waals surface area contributed by atoms with Crippen molar-refractivity contribution >= 4 is 16.8 Å². The van der Waals surface area contributed by atoms with Crippen LogP contribution in [0.5, 0.6) is 0 Å². The van der Waals surface area contributed by atoms with Gasteiger partial charge < -0.3 is 14.8 Å². The van der Waals surface area contributed by atoms with Crippen LogP contribution in [0.25, 0.3) is 10.9 Å². The van der Waals surface area contributed by atoms with Crippen molar-refractivity contribution in [2.24, 2.45) is 12.5 Å². The molecule has 1 atom stereocenters. The van der Waals surface area contributed by atoms with Crippen molar-refractivity contribution < 1.29 is 4.79 Å². The number of para-hydroxylation sites is 1. The zero-order chi connectivity index (χ0) is 16.5.